The third-order valence-corrected chi connectivity index (χ3v) is 5.87. The Morgan fingerprint density at radius 2 is 1.44 bits per heavy atom. The van der Waals surface area contributed by atoms with Crippen LogP contribution in [0.5, 0.6) is 5.75 Å². The molecular formula is C12H20O3Si. The van der Waals surface area contributed by atoms with Gasteiger partial charge in [-0.2, -0.15) is 0 Å². The highest BCUT2D eigenvalue weighted by Crippen LogP contribution is 2.38. The molecule has 0 aliphatic heterocycles. The zero-order valence-electron chi connectivity index (χ0n) is 10.6. The Kier molecular flexibility index (Phi) is 4.13. The monoisotopic (exact) mass is 240 g/mol. The third kappa shape index (κ3) is 2.64. The largest absolute Gasteiger partial charge is 0.571 e. The van der Waals surface area contributed by atoms with Gasteiger partial charge in [0.25, 0.3) is 0 Å². The van der Waals surface area contributed by atoms with Gasteiger partial charge in [0, 0.05) is 19.3 Å². The van der Waals surface area contributed by atoms with Crippen molar-refractivity contribution in [3.05, 3.63) is 30.3 Å². The Labute approximate surface area is 98.7 Å². The molecule has 0 saturated heterocycles. The molecule has 1 rings (SSSR count). The first kappa shape index (κ1) is 13.2. The van der Waals surface area contributed by atoms with Gasteiger partial charge < -0.3 is 13.3 Å². The van der Waals surface area contributed by atoms with E-state index in [1.807, 2.05) is 30.3 Å². The SMILES string of the molecule is CO[Si](OC)(Oc1ccccc1)C(C)(C)C. The van der Waals surface area contributed by atoms with E-state index in [1.165, 1.54) is 0 Å². The molecule has 0 fully saturated rings. The molecule has 0 amide bonds. The molecule has 0 radical (unpaired) electrons. The van der Waals surface area contributed by atoms with Crippen LogP contribution >= 0.6 is 0 Å². The Balaban J connectivity index is 2.96. The average Bonchev–Trinajstić information content (AvgIpc) is 2.25. The molecule has 0 aliphatic carbocycles. The molecule has 16 heavy (non-hydrogen) atoms. The standard InChI is InChI=1S/C12H20O3Si/c1-12(2,3)16(13-4,14-5)15-11-9-7-6-8-10-11/h6-10H,1-5H3. The van der Waals surface area contributed by atoms with Gasteiger partial charge in [0.2, 0.25) is 0 Å². The number of benzene rings is 1. The van der Waals surface area contributed by atoms with Crippen LogP contribution in [0.3, 0.4) is 0 Å². The van der Waals surface area contributed by atoms with Crippen molar-refractivity contribution in [3.8, 4) is 5.75 Å². The number of para-hydroxylation sites is 1. The zero-order valence-corrected chi connectivity index (χ0v) is 11.6. The topological polar surface area (TPSA) is 27.7 Å². The van der Waals surface area contributed by atoms with Crippen LogP contribution in [0.4, 0.5) is 0 Å². The van der Waals surface area contributed by atoms with Gasteiger partial charge in [0.15, 0.2) is 0 Å². The maximum absolute atomic E-state index is 5.96. The number of hydrogen-bond acceptors (Lipinski definition) is 3. The Bertz CT molecular complexity index is 315. The molecule has 1 aromatic carbocycles. The second-order valence-electron chi connectivity index (χ2n) is 4.63. The van der Waals surface area contributed by atoms with Gasteiger partial charge in [0.05, 0.1) is 0 Å². The maximum atomic E-state index is 5.96. The summed E-state index contributed by atoms with van der Waals surface area (Å²) in [4.78, 5) is 0. The number of rotatable bonds is 4. The van der Waals surface area contributed by atoms with E-state index >= 15 is 0 Å². The molecule has 90 valence electrons. The Morgan fingerprint density at radius 3 is 1.81 bits per heavy atom. The number of hydrogen-bond donors (Lipinski definition) is 0. The molecule has 3 nitrogen and oxygen atoms in total. The van der Waals surface area contributed by atoms with Gasteiger partial charge in [0.1, 0.15) is 5.75 Å². The Hall–Kier alpha value is -0.843. The van der Waals surface area contributed by atoms with Crippen molar-refractivity contribution in [2.24, 2.45) is 0 Å². The zero-order chi connectivity index (χ0) is 12.2. The average molecular weight is 240 g/mol. The van der Waals surface area contributed by atoms with Gasteiger partial charge in [-0.25, -0.2) is 0 Å². The van der Waals surface area contributed by atoms with Crippen molar-refractivity contribution >= 4 is 8.80 Å². The minimum absolute atomic E-state index is 0.160. The summed E-state index contributed by atoms with van der Waals surface area (Å²) in [7, 11) is 0.600. The molecule has 1 aromatic rings. The summed E-state index contributed by atoms with van der Waals surface area (Å²) in [5, 5.41) is -0.160. The molecule has 0 heterocycles. The van der Waals surface area contributed by atoms with Gasteiger partial charge in [-0.1, -0.05) is 39.0 Å². The lowest BCUT2D eigenvalue weighted by Gasteiger charge is -2.36. The lowest BCUT2D eigenvalue weighted by molar-refractivity contribution is 0.134. The molecule has 0 unspecified atom stereocenters. The van der Waals surface area contributed by atoms with E-state index < -0.39 is 8.80 Å². The molecule has 0 aliphatic rings. The van der Waals surface area contributed by atoms with Gasteiger partial charge in [-0.15, -0.1) is 0 Å². The molecule has 0 aromatic heterocycles. The molecule has 0 atom stereocenters. The predicted octanol–water partition coefficient (Wildman–Crippen LogP) is 3.10. The van der Waals surface area contributed by atoms with Crippen LogP contribution in [0, 0.1) is 0 Å². The smallest absolute Gasteiger partial charge is 0.500 e. The molecular weight excluding hydrogens is 220 g/mol. The summed E-state index contributed by atoms with van der Waals surface area (Å²) in [6.45, 7) is 6.19. The molecule has 0 N–H and O–H groups in total. The fourth-order valence-electron chi connectivity index (χ4n) is 1.58. The third-order valence-electron chi connectivity index (χ3n) is 2.45. The van der Waals surface area contributed by atoms with Crippen LogP contribution in [0.2, 0.25) is 5.04 Å². The van der Waals surface area contributed by atoms with E-state index in [-0.39, 0.29) is 5.04 Å². The van der Waals surface area contributed by atoms with E-state index in [0.717, 1.165) is 5.75 Å². The van der Waals surface area contributed by atoms with E-state index in [4.69, 9.17) is 13.3 Å². The lowest BCUT2D eigenvalue weighted by atomic mass is 10.3. The van der Waals surface area contributed by atoms with E-state index in [2.05, 4.69) is 20.8 Å². The van der Waals surface area contributed by atoms with E-state index in [9.17, 15) is 0 Å². The second-order valence-corrected chi connectivity index (χ2v) is 8.26. The molecule has 0 saturated carbocycles. The van der Waals surface area contributed by atoms with Crippen molar-refractivity contribution in [1.29, 1.82) is 0 Å². The summed E-state index contributed by atoms with van der Waals surface area (Å²) in [6.07, 6.45) is 0. The first-order chi connectivity index (χ1) is 7.45. The van der Waals surface area contributed by atoms with Crippen LogP contribution in [0.15, 0.2) is 30.3 Å². The fraction of sp³-hybridized carbons (Fsp3) is 0.500. The first-order valence-corrected chi connectivity index (χ1v) is 7.02. The second kappa shape index (κ2) is 4.99. The quantitative estimate of drug-likeness (QED) is 0.757. The van der Waals surface area contributed by atoms with Crippen molar-refractivity contribution in [1.82, 2.24) is 0 Å². The summed E-state index contributed by atoms with van der Waals surface area (Å²) in [6, 6.07) is 9.63. The van der Waals surface area contributed by atoms with E-state index in [0.29, 0.717) is 0 Å². The normalized spacial score (nSPS) is 12.6. The van der Waals surface area contributed by atoms with Crippen LogP contribution in [0.1, 0.15) is 20.8 Å². The van der Waals surface area contributed by atoms with Crippen molar-refractivity contribution < 1.29 is 13.3 Å². The predicted molar refractivity (Wildman–Crippen MR) is 66.6 cm³/mol. The van der Waals surface area contributed by atoms with E-state index in [1.54, 1.807) is 14.2 Å². The highest BCUT2D eigenvalue weighted by molar-refractivity contribution is 6.64. The highest BCUT2D eigenvalue weighted by atomic mass is 28.4. The maximum Gasteiger partial charge on any atom is 0.571 e. The highest BCUT2D eigenvalue weighted by Gasteiger charge is 2.54. The fourth-order valence-corrected chi connectivity index (χ4v) is 3.89. The summed E-state index contributed by atoms with van der Waals surface area (Å²) in [5.41, 5.74) is 0. The van der Waals surface area contributed by atoms with Crippen LogP contribution in [-0.4, -0.2) is 23.0 Å². The summed E-state index contributed by atoms with van der Waals surface area (Å²) < 4.78 is 17.1. The summed E-state index contributed by atoms with van der Waals surface area (Å²) >= 11 is 0. The van der Waals surface area contributed by atoms with Crippen LogP contribution in [-0.2, 0) is 8.85 Å². The van der Waals surface area contributed by atoms with Crippen LogP contribution < -0.4 is 4.43 Å². The lowest BCUT2D eigenvalue weighted by Crippen LogP contribution is -2.54. The minimum Gasteiger partial charge on any atom is -0.500 e. The van der Waals surface area contributed by atoms with Gasteiger partial charge in [-0.3, -0.25) is 0 Å². The summed E-state index contributed by atoms with van der Waals surface area (Å²) in [5.74, 6) is 0.785. The van der Waals surface area contributed by atoms with Crippen LogP contribution in [0.25, 0.3) is 0 Å². The minimum atomic E-state index is -2.69. The Morgan fingerprint density at radius 1 is 0.938 bits per heavy atom. The van der Waals surface area contributed by atoms with Crippen molar-refractivity contribution in [2.75, 3.05) is 14.2 Å². The molecule has 4 heteroatoms. The van der Waals surface area contributed by atoms with Gasteiger partial charge in [-0.05, 0) is 12.1 Å². The molecule has 0 bridgehead atoms. The van der Waals surface area contributed by atoms with Crippen molar-refractivity contribution in [2.45, 2.75) is 25.8 Å². The molecule has 0 spiro atoms. The van der Waals surface area contributed by atoms with Crippen molar-refractivity contribution in [3.63, 3.8) is 0 Å². The first-order valence-electron chi connectivity index (χ1n) is 5.29. The van der Waals surface area contributed by atoms with Gasteiger partial charge >= 0.3 is 8.80 Å².